The van der Waals surface area contributed by atoms with Crippen LogP contribution >= 0.6 is 0 Å². The van der Waals surface area contributed by atoms with Crippen molar-refractivity contribution in [2.75, 3.05) is 14.2 Å². The van der Waals surface area contributed by atoms with E-state index < -0.39 is 0 Å². The summed E-state index contributed by atoms with van der Waals surface area (Å²) in [5, 5.41) is 4.91. The van der Waals surface area contributed by atoms with Crippen molar-refractivity contribution in [3.63, 3.8) is 0 Å². The van der Waals surface area contributed by atoms with Gasteiger partial charge in [0.25, 0.3) is 0 Å². The average Bonchev–Trinajstić information content (AvgIpc) is 3.20. The zero-order valence-electron chi connectivity index (χ0n) is 18.7. The third-order valence-corrected chi connectivity index (χ3v) is 5.87. The highest BCUT2D eigenvalue weighted by Gasteiger charge is 2.12. The first kappa shape index (κ1) is 21.0. The molecule has 4 heteroatoms. The molecule has 4 nitrogen and oxygen atoms in total. The molecule has 0 aliphatic carbocycles. The average molecular weight is 415 g/mol. The summed E-state index contributed by atoms with van der Waals surface area (Å²) < 4.78 is 13.1. The highest BCUT2D eigenvalue weighted by atomic mass is 16.5. The van der Waals surface area contributed by atoms with Gasteiger partial charge < -0.3 is 19.4 Å². The van der Waals surface area contributed by atoms with Gasteiger partial charge in [0.15, 0.2) is 0 Å². The molecule has 1 unspecified atom stereocenters. The Balaban J connectivity index is 1.62. The Bertz CT molecular complexity index is 1180. The van der Waals surface area contributed by atoms with Gasteiger partial charge in [-0.25, -0.2) is 0 Å². The molecule has 0 aliphatic rings. The maximum Gasteiger partial charge on any atom is 0.119 e. The second-order valence-corrected chi connectivity index (χ2v) is 7.79. The molecule has 3 aromatic carbocycles. The predicted octanol–water partition coefficient (Wildman–Crippen LogP) is 6.20. The molecular formula is C27H30N2O2. The number of rotatable bonds is 8. The summed E-state index contributed by atoms with van der Waals surface area (Å²) in [6, 6.07) is 23.5. The number of benzene rings is 3. The predicted molar refractivity (Wildman–Crippen MR) is 128 cm³/mol. The monoisotopic (exact) mass is 414 g/mol. The quantitative estimate of drug-likeness (QED) is 0.373. The largest absolute Gasteiger partial charge is 0.497 e. The smallest absolute Gasteiger partial charge is 0.119 e. The van der Waals surface area contributed by atoms with Gasteiger partial charge in [0.1, 0.15) is 11.5 Å². The van der Waals surface area contributed by atoms with Crippen LogP contribution in [0.15, 0.2) is 72.9 Å². The second kappa shape index (κ2) is 9.27. The molecule has 1 aromatic heterocycles. The molecule has 0 spiro atoms. The highest BCUT2D eigenvalue weighted by molar-refractivity contribution is 5.96. The lowest BCUT2D eigenvalue weighted by Crippen LogP contribution is -2.18. The normalized spacial score (nSPS) is 12.1. The van der Waals surface area contributed by atoms with E-state index in [2.05, 4.69) is 72.4 Å². The number of nitrogens with one attached hydrogen (secondary N) is 1. The molecule has 1 atom stereocenters. The minimum atomic E-state index is 0.226. The summed E-state index contributed by atoms with van der Waals surface area (Å²) in [5.74, 6) is 1.76. The molecule has 0 saturated heterocycles. The molecule has 31 heavy (non-hydrogen) atoms. The summed E-state index contributed by atoms with van der Waals surface area (Å²) >= 11 is 0. The van der Waals surface area contributed by atoms with Gasteiger partial charge in [-0.1, -0.05) is 30.3 Å². The van der Waals surface area contributed by atoms with Crippen molar-refractivity contribution in [1.82, 2.24) is 9.88 Å². The Morgan fingerprint density at radius 3 is 2.39 bits per heavy atom. The van der Waals surface area contributed by atoms with Crippen LogP contribution in [0.3, 0.4) is 0 Å². The summed E-state index contributed by atoms with van der Waals surface area (Å²) in [6.07, 6.45) is 2.25. The van der Waals surface area contributed by atoms with E-state index in [9.17, 15) is 0 Å². The molecule has 0 saturated carbocycles. The molecule has 0 fully saturated rings. The molecule has 1 N–H and O–H groups in total. The van der Waals surface area contributed by atoms with Gasteiger partial charge in [0.2, 0.25) is 0 Å². The lowest BCUT2D eigenvalue weighted by molar-refractivity contribution is 0.413. The molecule has 0 bridgehead atoms. The van der Waals surface area contributed by atoms with E-state index in [4.69, 9.17) is 9.47 Å². The SMILES string of the molecule is CCn1cc(-c2cccc(OC)c2)c2cc(CNC(C)c3cccc(OC)c3)ccc21. The van der Waals surface area contributed by atoms with Crippen molar-refractivity contribution < 1.29 is 9.47 Å². The fourth-order valence-corrected chi connectivity index (χ4v) is 4.04. The molecule has 1 heterocycles. The number of nitrogens with zero attached hydrogens (tertiary/aromatic N) is 1. The van der Waals surface area contributed by atoms with Gasteiger partial charge in [-0.05, 0) is 66.9 Å². The van der Waals surface area contributed by atoms with Crippen LogP contribution in [-0.2, 0) is 13.1 Å². The Morgan fingerprint density at radius 1 is 0.903 bits per heavy atom. The maximum atomic E-state index is 5.44. The molecule has 4 rings (SSSR count). The zero-order chi connectivity index (χ0) is 21.8. The van der Waals surface area contributed by atoms with Crippen LogP contribution in [-0.4, -0.2) is 18.8 Å². The lowest BCUT2D eigenvalue weighted by Gasteiger charge is -2.15. The summed E-state index contributed by atoms with van der Waals surface area (Å²) in [5.41, 5.74) is 6.14. The van der Waals surface area contributed by atoms with Gasteiger partial charge in [-0.2, -0.15) is 0 Å². The summed E-state index contributed by atoms with van der Waals surface area (Å²) in [7, 11) is 3.41. The van der Waals surface area contributed by atoms with Crippen molar-refractivity contribution in [2.24, 2.45) is 0 Å². The topological polar surface area (TPSA) is 35.4 Å². The Kier molecular flexibility index (Phi) is 6.28. The molecule has 160 valence electrons. The first-order chi connectivity index (χ1) is 15.1. The second-order valence-electron chi connectivity index (χ2n) is 7.79. The van der Waals surface area contributed by atoms with Gasteiger partial charge in [-0.3, -0.25) is 0 Å². The van der Waals surface area contributed by atoms with E-state index in [-0.39, 0.29) is 6.04 Å². The van der Waals surface area contributed by atoms with E-state index in [0.29, 0.717) is 0 Å². The fraction of sp³-hybridized carbons (Fsp3) is 0.259. The Labute approximate surface area is 184 Å². The number of aromatic nitrogens is 1. The van der Waals surface area contributed by atoms with Crippen molar-refractivity contribution in [2.45, 2.75) is 33.0 Å². The first-order valence-corrected chi connectivity index (χ1v) is 10.8. The molecule has 0 radical (unpaired) electrons. The zero-order valence-corrected chi connectivity index (χ0v) is 18.7. The fourth-order valence-electron chi connectivity index (χ4n) is 4.04. The Morgan fingerprint density at radius 2 is 1.65 bits per heavy atom. The number of aryl methyl sites for hydroxylation is 1. The van der Waals surface area contributed by atoms with E-state index in [0.717, 1.165) is 24.6 Å². The van der Waals surface area contributed by atoms with Crippen molar-refractivity contribution in [1.29, 1.82) is 0 Å². The van der Waals surface area contributed by atoms with E-state index >= 15 is 0 Å². The van der Waals surface area contributed by atoms with Crippen LogP contribution in [0.2, 0.25) is 0 Å². The van der Waals surface area contributed by atoms with Crippen LogP contribution in [0.4, 0.5) is 0 Å². The number of hydrogen-bond acceptors (Lipinski definition) is 3. The third-order valence-electron chi connectivity index (χ3n) is 5.87. The number of hydrogen-bond donors (Lipinski definition) is 1. The van der Waals surface area contributed by atoms with Gasteiger partial charge >= 0.3 is 0 Å². The van der Waals surface area contributed by atoms with Crippen LogP contribution in [0.5, 0.6) is 11.5 Å². The van der Waals surface area contributed by atoms with E-state index in [1.165, 1.54) is 33.2 Å². The Hall–Kier alpha value is -3.24. The van der Waals surface area contributed by atoms with Gasteiger partial charge in [0.05, 0.1) is 14.2 Å². The van der Waals surface area contributed by atoms with E-state index in [1.807, 2.05) is 24.3 Å². The number of ether oxygens (including phenoxy) is 2. The van der Waals surface area contributed by atoms with Crippen LogP contribution < -0.4 is 14.8 Å². The van der Waals surface area contributed by atoms with Crippen molar-refractivity contribution in [3.05, 3.63) is 84.1 Å². The maximum absolute atomic E-state index is 5.44. The minimum Gasteiger partial charge on any atom is -0.497 e. The molecular weight excluding hydrogens is 384 g/mol. The number of methoxy groups -OCH3 is 2. The molecule has 0 aliphatic heterocycles. The van der Waals surface area contributed by atoms with Crippen LogP contribution in [0.25, 0.3) is 22.0 Å². The number of fused-ring (bicyclic) bond motifs is 1. The lowest BCUT2D eigenvalue weighted by atomic mass is 10.0. The minimum absolute atomic E-state index is 0.226. The summed E-state index contributed by atoms with van der Waals surface area (Å²) in [6.45, 7) is 6.09. The van der Waals surface area contributed by atoms with Crippen molar-refractivity contribution in [3.8, 4) is 22.6 Å². The summed E-state index contributed by atoms with van der Waals surface area (Å²) in [4.78, 5) is 0. The van der Waals surface area contributed by atoms with Gasteiger partial charge in [-0.15, -0.1) is 0 Å². The standard InChI is InChI=1S/C27H30N2O2/c1-5-29-18-26(22-9-7-11-24(16-22)31-4)25-14-20(12-13-27(25)29)17-28-19(2)21-8-6-10-23(15-21)30-3/h6-16,18-19,28H,5,17H2,1-4H3. The molecule has 0 amide bonds. The van der Waals surface area contributed by atoms with Crippen LogP contribution in [0.1, 0.15) is 31.0 Å². The van der Waals surface area contributed by atoms with Gasteiger partial charge in [0, 0.05) is 41.8 Å². The van der Waals surface area contributed by atoms with Crippen LogP contribution in [0, 0.1) is 0 Å². The van der Waals surface area contributed by atoms with E-state index in [1.54, 1.807) is 14.2 Å². The third kappa shape index (κ3) is 4.44. The molecule has 4 aromatic rings. The van der Waals surface area contributed by atoms with Crippen molar-refractivity contribution >= 4 is 10.9 Å². The first-order valence-electron chi connectivity index (χ1n) is 10.8. The highest BCUT2D eigenvalue weighted by Crippen LogP contribution is 2.33.